The number of ether oxygens (including phenoxy) is 1. The fourth-order valence-corrected chi connectivity index (χ4v) is 3.76. The van der Waals surface area contributed by atoms with Crippen molar-refractivity contribution in [2.24, 2.45) is 0 Å². The molecule has 11 heteroatoms. The summed E-state index contributed by atoms with van der Waals surface area (Å²) >= 11 is 0. The largest absolute Gasteiger partial charge is 0.387 e. The number of nitrogens with two attached hydrogens (primary N) is 1. The van der Waals surface area contributed by atoms with Gasteiger partial charge in [-0.2, -0.15) is 0 Å². The van der Waals surface area contributed by atoms with Gasteiger partial charge in [-0.15, -0.1) is 0 Å². The molecule has 3 rings (SSSR count). The molecule has 0 saturated carbocycles. The van der Waals surface area contributed by atoms with Crippen LogP contribution in [-0.2, 0) is 9.53 Å². The Morgan fingerprint density at radius 1 is 1.30 bits per heavy atom. The van der Waals surface area contributed by atoms with Crippen LogP contribution < -0.4 is 11.1 Å². The molecule has 0 aromatic carbocycles. The number of hydrogen-bond donors (Lipinski definition) is 4. The number of imidazole rings is 1. The van der Waals surface area contributed by atoms with E-state index in [1.54, 1.807) is 4.57 Å². The summed E-state index contributed by atoms with van der Waals surface area (Å²) in [7, 11) is 4.03. The third-order valence-corrected chi connectivity index (χ3v) is 5.41. The molecule has 30 heavy (non-hydrogen) atoms. The number of nitrogen functional groups attached to an aromatic ring is 1. The van der Waals surface area contributed by atoms with Gasteiger partial charge in [0.15, 0.2) is 17.7 Å². The van der Waals surface area contributed by atoms with Gasteiger partial charge in [0.2, 0.25) is 5.91 Å². The zero-order valence-corrected chi connectivity index (χ0v) is 17.7. The number of amides is 1. The van der Waals surface area contributed by atoms with Gasteiger partial charge in [0.25, 0.3) is 0 Å². The van der Waals surface area contributed by atoms with Gasteiger partial charge in [0.1, 0.15) is 36.7 Å². The molecule has 0 radical (unpaired) electrons. The first-order valence-electron chi connectivity index (χ1n) is 10.3. The van der Waals surface area contributed by atoms with Gasteiger partial charge in [0, 0.05) is 19.4 Å². The Morgan fingerprint density at radius 2 is 2.07 bits per heavy atom. The van der Waals surface area contributed by atoms with E-state index >= 15 is 0 Å². The SMILES string of the molecule is CCCNC(=O)CCC[N+](C)(C)C[C@H]1O[C@@H](n2cnc3c(N)ncnc32)[C@H](O)[C@@H]1O. The normalized spacial score (nSPS) is 24.4. The van der Waals surface area contributed by atoms with Crippen LogP contribution in [0, 0.1) is 0 Å². The first-order chi connectivity index (χ1) is 14.2. The molecule has 2 aromatic rings. The van der Waals surface area contributed by atoms with E-state index < -0.39 is 24.5 Å². The molecule has 3 heterocycles. The number of quaternary nitrogens is 1. The number of rotatable bonds is 9. The van der Waals surface area contributed by atoms with Gasteiger partial charge >= 0.3 is 0 Å². The van der Waals surface area contributed by atoms with Crippen LogP contribution in [0.3, 0.4) is 0 Å². The molecule has 11 nitrogen and oxygen atoms in total. The van der Waals surface area contributed by atoms with Crippen LogP contribution in [0.2, 0.25) is 0 Å². The molecule has 1 aliphatic heterocycles. The van der Waals surface area contributed by atoms with E-state index in [-0.39, 0.29) is 11.7 Å². The number of fused-ring (bicyclic) bond motifs is 1. The highest BCUT2D eigenvalue weighted by Crippen LogP contribution is 2.32. The van der Waals surface area contributed by atoms with Gasteiger partial charge < -0.3 is 30.5 Å². The molecule has 166 valence electrons. The van der Waals surface area contributed by atoms with E-state index in [2.05, 4.69) is 20.3 Å². The molecular formula is C19H32N7O4+. The molecule has 0 bridgehead atoms. The molecule has 0 aliphatic carbocycles. The lowest BCUT2D eigenvalue weighted by atomic mass is 10.1. The smallest absolute Gasteiger partial charge is 0.220 e. The number of nitrogens with one attached hydrogen (secondary N) is 1. The fourth-order valence-electron chi connectivity index (χ4n) is 3.76. The molecular weight excluding hydrogens is 390 g/mol. The number of carbonyl (C=O) groups excluding carboxylic acids is 1. The fraction of sp³-hybridized carbons (Fsp3) is 0.684. The Morgan fingerprint density at radius 3 is 2.80 bits per heavy atom. The second-order valence-electron chi connectivity index (χ2n) is 8.42. The highest BCUT2D eigenvalue weighted by molar-refractivity contribution is 5.81. The highest BCUT2D eigenvalue weighted by atomic mass is 16.6. The Labute approximate surface area is 175 Å². The minimum absolute atomic E-state index is 0.0535. The molecule has 5 N–H and O–H groups in total. The van der Waals surface area contributed by atoms with Crippen LogP contribution in [-0.4, -0.2) is 92.2 Å². The summed E-state index contributed by atoms with van der Waals surface area (Å²) in [6.07, 6.45) is 1.30. The Bertz CT molecular complexity index is 872. The first kappa shape index (κ1) is 22.3. The van der Waals surface area contributed by atoms with Gasteiger partial charge in [-0.3, -0.25) is 9.36 Å². The van der Waals surface area contributed by atoms with Crippen LogP contribution in [0.15, 0.2) is 12.7 Å². The van der Waals surface area contributed by atoms with Crippen molar-refractivity contribution >= 4 is 22.9 Å². The van der Waals surface area contributed by atoms with E-state index in [1.165, 1.54) is 12.7 Å². The van der Waals surface area contributed by atoms with Crippen LogP contribution in [0.1, 0.15) is 32.4 Å². The van der Waals surface area contributed by atoms with E-state index in [1.807, 2.05) is 21.0 Å². The second kappa shape index (κ2) is 9.21. The van der Waals surface area contributed by atoms with Gasteiger partial charge in [-0.05, 0) is 6.42 Å². The first-order valence-corrected chi connectivity index (χ1v) is 10.3. The molecule has 4 atom stereocenters. The Balaban J connectivity index is 1.62. The van der Waals surface area contributed by atoms with Crippen LogP contribution in [0.25, 0.3) is 11.2 Å². The van der Waals surface area contributed by atoms with Crippen molar-refractivity contribution in [3.05, 3.63) is 12.7 Å². The number of likely N-dealkylation sites (N-methyl/N-ethyl adjacent to an activating group) is 1. The number of aliphatic hydroxyl groups excluding tert-OH is 2. The van der Waals surface area contributed by atoms with E-state index in [0.717, 1.165) is 19.4 Å². The lowest BCUT2D eigenvalue weighted by Gasteiger charge is -2.33. The van der Waals surface area contributed by atoms with Crippen molar-refractivity contribution in [3.8, 4) is 0 Å². The van der Waals surface area contributed by atoms with Crippen molar-refractivity contribution in [2.75, 3.05) is 39.5 Å². The van der Waals surface area contributed by atoms with Gasteiger partial charge in [-0.1, -0.05) is 6.92 Å². The van der Waals surface area contributed by atoms with Crippen molar-refractivity contribution < 1.29 is 24.2 Å². The molecule has 1 aliphatic rings. The number of aromatic nitrogens is 4. The van der Waals surface area contributed by atoms with Crippen LogP contribution in [0.4, 0.5) is 5.82 Å². The lowest BCUT2D eigenvalue weighted by Crippen LogP contribution is -2.49. The predicted octanol–water partition coefficient (Wildman–Crippen LogP) is -0.589. The zero-order valence-electron chi connectivity index (χ0n) is 17.7. The van der Waals surface area contributed by atoms with Gasteiger partial charge in [-0.25, -0.2) is 15.0 Å². The monoisotopic (exact) mass is 422 g/mol. The molecule has 0 unspecified atom stereocenters. The van der Waals surface area contributed by atoms with E-state index in [9.17, 15) is 15.0 Å². The summed E-state index contributed by atoms with van der Waals surface area (Å²) in [6.45, 7) is 3.93. The van der Waals surface area contributed by atoms with Crippen LogP contribution >= 0.6 is 0 Å². The standard InChI is InChI=1S/C19H31N7O4/c1-4-7-21-13(27)6-5-8-26(2,3)9-12-15(28)16(29)19(30-12)25-11-24-14-17(20)22-10-23-18(14)25/h10-12,15-16,19,28-29H,4-9H2,1-3H3,(H2-,20,21,22,23,27)/p+1/t12-,15-,16-,19-/m1/s1. The maximum atomic E-state index is 11.8. The average Bonchev–Trinajstić information content (AvgIpc) is 3.23. The third kappa shape index (κ3) is 4.86. The second-order valence-corrected chi connectivity index (χ2v) is 8.42. The quantitative estimate of drug-likeness (QED) is 0.392. The van der Waals surface area contributed by atoms with E-state index in [0.29, 0.717) is 35.2 Å². The van der Waals surface area contributed by atoms with Crippen molar-refractivity contribution in [2.45, 2.75) is 50.7 Å². The summed E-state index contributed by atoms with van der Waals surface area (Å²) in [5, 5.41) is 24.1. The van der Waals surface area contributed by atoms with Gasteiger partial charge in [0.05, 0.1) is 27.0 Å². The topological polar surface area (TPSA) is 148 Å². The number of hydrogen-bond acceptors (Lipinski definition) is 8. The predicted molar refractivity (Wildman–Crippen MR) is 110 cm³/mol. The Hall–Kier alpha value is -2.34. The van der Waals surface area contributed by atoms with E-state index in [4.69, 9.17) is 10.5 Å². The minimum atomic E-state index is -1.14. The number of aliphatic hydroxyl groups is 2. The number of nitrogens with zero attached hydrogens (tertiary/aromatic N) is 5. The average molecular weight is 423 g/mol. The highest BCUT2D eigenvalue weighted by Gasteiger charge is 2.46. The third-order valence-electron chi connectivity index (χ3n) is 5.41. The Kier molecular flexibility index (Phi) is 6.86. The lowest BCUT2D eigenvalue weighted by molar-refractivity contribution is -0.893. The minimum Gasteiger partial charge on any atom is -0.387 e. The van der Waals surface area contributed by atoms with Crippen LogP contribution in [0.5, 0.6) is 0 Å². The maximum Gasteiger partial charge on any atom is 0.220 e. The summed E-state index contributed by atoms with van der Waals surface area (Å²) < 4.78 is 8.13. The van der Waals surface area contributed by atoms with Crippen molar-refractivity contribution in [3.63, 3.8) is 0 Å². The summed E-state index contributed by atoms with van der Waals surface area (Å²) in [5.41, 5.74) is 6.68. The molecule has 1 saturated heterocycles. The maximum absolute atomic E-state index is 11.8. The number of carbonyl (C=O) groups is 1. The van der Waals surface area contributed by atoms with Crippen molar-refractivity contribution in [1.82, 2.24) is 24.8 Å². The number of anilines is 1. The zero-order chi connectivity index (χ0) is 21.9. The molecule has 1 fully saturated rings. The molecule has 2 aromatic heterocycles. The molecule has 0 spiro atoms. The van der Waals surface area contributed by atoms with Crippen molar-refractivity contribution in [1.29, 1.82) is 0 Å². The summed E-state index contributed by atoms with van der Waals surface area (Å²) in [6, 6.07) is 0. The molecule has 1 amide bonds. The summed E-state index contributed by atoms with van der Waals surface area (Å²) in [4.78, 5) is 24.1. The summed E-state index contributed by atoms with van der Waals surface area (Å²) in [5.74, 6) is 0.293.